The molecule has 0 aromatic carbocycles. The van der Waals surface area contributed by atoms with E-state index >= 15 is 0 Å². The van der Waals surface area contributed by atoms with Gasteiger partial charge >= 0.3 is 6.03 Å². The van der Waals surface area contributed by atoms with Gasteiger partial charge in [-0.25, -0.2) is 4.79 Å². The number of nitrogens with zero attached hydrogens (tertiary/aromatic N) is 1. The first kappa shape index (κ1) is 13.9. The number of hydrogen-bond donors (Lipinski definition) is 2. The molecule has 0 radical (unpaired) electrons. The highest BCUT2D eigenvalue weighted by Crippen LogP contribution is 2.42. The molecule has 0 aromatic rings. The summed E-state index contributed by atoms with van der Waals surface area (Å²) in [4.78, 5) is 26.5. The van der Waals surface area contributed by atoms with Crippen LogP contribution in [0.3, 0.4) is 0 Å². The smallest absolute Gasteiger partial charge is 0.323 e. The second-order valence-electron chi connectivity index (χ2n) is 6.72. The summed E-state index contributed by atoms with van der Waals surface area (Å²) in [6.45, 7) is 5.39. The molecule has 1 aliphatic heterocycles. The molecule has 1 spiro atoms. The summed E-state index contributed by atoms with van der Waals surface area (Å²) >= 11 is 0. The van der Waals surface area contributed by atoms with Crippen molar-refractivity contribution in [2.45, 2.75) is 57.5 Å². The van der Waals surface area contributed by atoms with E-state index in [1.165, 1.54) is 17.7 Å². The molecule has 20 heavy (non-hydrogen) atoms. The third-order valence-corrected chi connectivity index (χ3v) is 5.33. The van der Waals surface area contributed by atoms with E-state index in [0.29, 0.717) is 19.1 Å². The lowest BCUT2D eigenvalue weighted by Gasteiger charge is -2.42. The Morgan fingerprint density at radius 3 is 2.45 bits per heavy atom. The molecular formula is C15H25N3O2. The van der Waals surface area contributed by atoms with E-state index in [4.69, 9.17) is 0 Å². The standard InChI is InChI=1S/C15H25N3O2/c1-10-4-3-5-11(2)15(10)13(19)18(14(20)17-15)9-8-16-12-6-7-12/h10-12,16H,3-9H2,1-2H3,(H,17,20). The number of nitrogens with one attached hydrogen (secondary N) is 2. The second kappa shape index (κ2) is 5.02. The van der Waals surface area contributed by atoms with E-state index in [9.17, 15) is 9.59 Å². The summed E-state index contributed by atoms with van der Waals surface area (Å²) in [5.74, 6) is 0.452. The average molecular weight is 279 g/mol. The maximum absolute atomic E-state index is 12.8. The van der Waals surface area contributed by atoms with Gasteiger partial charge in [0, 0.05) is 19.1 Å². The maximum Gasteiger partial charge on any atom is 0.325 e. The highest BCUT2D eigenvalue weighted by Gasteiger charge is 2.58. The minimum Gasteiger partial charge on any atom is -0.323 e. The number of rotatable bonds is 4. The van der Waals surface area contributed by atoms with E-state index in [1.54, 1.807) is 0 Å². The lowest BCUT2D eigenvalue weighted by molar-refractivity contribution is -0.136. The molecule has 5 nitrogen and oxygen atoms in total. The highest BCUT2D eigenvalue weighted by atomic mass is 16.2. The van der Waals surface area contributed by atoms with Gasteiger partial charge < -0.3 is 10.6 Å². The monoisotopic (exact) mass is 279 g/mol. The topological polar surface area (TPSA) is 61.4 Å². The summed E-state index contributed by atoms with van der Waals surface area (Å²) < 4.78 is 0. The minimum atomic E-state index is -0.644. The maximum atomic E-state index is 12.8. The number of hydrogen-bond acceptors (Lipinski definition) is 3. The van der Waals surface area contributed by atoms with Gasteiger partial charge in [-0.2, -0.15) is 0 Å². The molecule has 3 amide bonds. The van der Waals surface area contributed by atoms with Gasteiger partial charge in [-0.1, -0.05) is 20.3 Å². The van der Waals surface area contributed by atoms with Crippen LogP contribution in [-0.4, -0.2) is 41.5 Å². The fourth-order valence-electron chi connectivity index (χ4n) is 3.82. The van der Waals surface area contributed by atoms with E-state index in [2.05, 4.69) is 24.5 Å². The van der Waals surface area contributed by atoms with E-state index in [-0.39, 0.29) is 23.8 Å². The fourth-order valence-corrected chi connectivity index (χ4v) is 3.82. The van der Waals surface area contributed by atoms with Crippen molar-refractivity contribution in [1.29, 1.82) is 0 Å². The average Bonchev–Trinajstić information content (AvgIpc) is 3.18. The van der Waals surface area contributed by atoms with Crippen molar-refractivity contribution < 1.29 is 9.59 Å². The Morgan fingerprint density at radius 2 is 1.85 bits per heavy atom. The van der Waals surface area contributed by atoms with Crippen LogP contribution in [0.25, 0.3) is 0 Å². The Morgan fingerprint density at radius 1 is 1.20 bits per heavy atom. The Balaban J connectivity index is 1.70. The van der Waals surface area contributed by atoms with Gasteiger partial charge in [0.25, 0.3) is 5.91 Å². The van der Waals surface area contributed by atoms with Crippen LogP contribution < -0.4 is 10.6 Å². The van der Waals surface area contributed by atoms with Gasteiger partial charge in [-0.3, -0.25) is 9.69 Å². The van der Waals surface area contributed by atoms with Crippen LogP contribution in [0.1, 0.15) is 46.0 Å². The summed E-state index contributed by atoms with van der Waals surface area (Å²) in [7, 11) is 0. The summed E-state index contributed by atoms with van der Waals surface area (Å²) in [6.07, 6.45) is 5.63. The number of carbonyl (C=O) groups excluding carboxylic acids is 2. The highest BCUT2D eigenvalue weighted by molar-refractivity contribution is 6.07. The largest absolute Gasteiger partial charge is 0.325 e. The van der Waals surface area contributed by atoms with E-state index < -0.39 is 5.54 Å². The number of urea groups is 1. The van der Waals surface area contributed by atoms with Crippen molar-refractivity contribution in [3.05, 3.63) is 0 Å². The van der Waals surface area contributed by atoms with Gasteiger partial charge in [0.2, 0.25) is 0 Å². The van der Waals surface area contributed by atoms with Crippen molar-refractivity contribution in [3.63, 3.8) is 0 Å². The normalized spacial score (nSPS) is 37.6. The number of amides is 3. The summed E-state index contributed by atoms with van der Waals surface area (Å²) in [5.41, 5.74) is -0.644. The molecule has 2 N–H and O–H groups in total. The predicted molar refractivity (Wildman–Crippen MR) is 76.2 cm³/mol. The van der Waals surface area contributed by atoms with Gasteiger partial charge in [-0.15, -0.1) is 0 Å². The van der Waals surface area contributed by atoms with Crippen LogP contribution >= 0.6 is 0 Å². The Kier molecular flexibility index (Phi) is 3.48. The van der Waals surface area contributed by atoms with Crippen molar-refractivity contribution in [2.24, 2.45) is 11.8 Å². The van der Waals surface area contributed by atoms with Crippen LogP contribution in [-0.2, 0) is 4.79 Å². The SMILES string of the molecule is CC1CCCC(C)C12NC(=O)N(CCNC1CC1)C2=O. The molecular weight excluding hydrogens is 254 g/mol. The van der Waals surface area contributed by atoms with E-state index in [0.717, 1.165) is 19.3 Å². The molecule has 1 saturated heterocycles. The van der Waals surface area contributed by atoms with Gasteiger partial charge in [0.05, 0.1) is 0 Å². The van der Waals surface area contributed by atoms with Crippen molar-refractivity contribution >= 4 is 11.9 Å². The zero-order valence-electron chi connectivity index (χ0n) is 12.4. The molecule has 0 aromatic heterocycles. The van der Waals surface area contributed by atoms with Gasteiger partial charge in [0.1, 0.15) is 5.54 Å². The van der Waals surface area contributed by atoms with Crippen LogP contribution in [0.2, 0.25) is 0 Å². The quantitative estimate of drug-likeness (QED) is 0.766. The second-order valence-corrected chi connectivity index (χ2v) is 6.72. The minimum absolute atomic E-state index is 0.000188. The fraction of sp³-hybridized carbons (Fsp3) is 0.867. The molecule has 5 heteroatoms. The Labute approximate surface area is 120 Å². The molecule has 2 atom stereocenters. The third kappa shape index (κ3) is 2.12. The molecule has 2 saturated carbocycles. The first-order chi connectivity index (χ1) is 9.55. The zero-order chi connectivity index (χ0) is 14.3. The first-order valence-corrected chi connectivity index (χ1v) is 7.93. The predicted octanol–water partition coefficient (Wildman–Crippen LogP) is 1.49. The van der Waals surface area contributed by atoms with Crippen molar-refractivity contribution in [2.75, 3.05) is 13.1 Å². The number of carbonyl (C=O) groups is 2. The molecule has 3 aliphatic rings. The number of imide groups is 1. The zero-order valence-corrected chi connectivity index (χ0v) is 12.4. The Bertz CT molecular complexity index is 409. The molecule has 3 rings (SSSR count). The molecule has 2 aliphatic carbocycles. The molecule has 112 valence electrons. The van der Waals surface area contributed by atoms with Crippen LogP contribution in [0, 0.1) is 11.8 Å². The van der Waals surface area contributed by atoms with Crippen LogP contribution in [0.4, 0.5) is 4.79 Å². The first-order valence-electron chi connectivity index (χ1n) is 7.93. The van der Waals surface area contributed by atoms with E-state index in [1.807, 2.05) is 0 Å². The lowest BCUT2D eigenvalue weighted by atomic mass is 9.67. The van der Waals surface area contributed by atoms with Crippen LogP contribution in [0.15, 0.2) is 0 Å². The van der Waals surface area contributed by atoms with Crippen LogP contribution in [0.5, 0.6) is 0 Å². The molecule has 1 heterocycles. The van der Waals surface area contributed by atoms with Crippen molar-refractivity contribution in [3.8, 4) is 0 Å². The third-order valence-electron chi connectivity index (χ3n) is 5.33. The summed E-state index contributed by atoms with van der Waals surface area (Å²) in [6, 6.07) is 0.408. The summed E-state index contributed by atoms with van der Waals surface area (Å²) in [5, 5.41) is 6.40. The van der Waals surface area contributed by atoms with Crippen molar-refractivity contribution in [1.82, 2.24) is 15.5 Å². The molecule has 0 bridgehead atoms. The lowest BCUT2D eigenvalue weighted by Crippen LogP contribution is -2.59. The Hall–Kier alpha value is -1.10. The molecule has 3 fully saturated rings. The van der Waals surface area contributed by atoms with Gasteiger partial charge in [0.15, 0.2) is 0 Å². The van der Waals surface area contributed by atoms with Gasteiger partial charge in [-0.05, 0) is 37.5 Å². The molecule has 2 unspecified atom stereocenters.